The van der Waals surface area contributed by atoms with Gasteiger partial charge in [-0.1, -0.05) is 12.1 Å². The Labute approximate surface area is 161 Å². The van der Waals surface area contributed by atoms with Gasteiger partial charge in [0, 0.05) is 30.8 Å². The third-order valence-corrected chi connectivity index (χ3v) is 4.75. The zero-order chi connectivity index (χ0) is 20.1. The third-order valence-electron chi connectivity index (χ3n) is 4.75. The summed E-state index contributed by atoms with van der Waals surface area (Å²) in [5.74, 6) is -0.806. The molecule has 1 fully saturated rings. The zero-order valence-corrected chi connectivity index (χ0v) is 15.4. The first-order chi connectivity index (χ1) is 13.5. The SMILES string of the molecule is COC(=O)c1ccc(COc2cccc(C3CCN(C(=O)O)CC3)n2)cc1F. The predicted octanol–water partition coefficient (Wildman–Crippen LogP) is 3.44. The maximum absolute atomic E-state index is 14.0. The van der Waals surface area contributed by atoms with Crippen molar-refractivity contribution in [3.63, 3.8) is 0 Å². The number of methoxy groups -OCH3 is 1. The molecule has 2 aromatic rings. The minimum Gasteiger partial charge on any atom is -0.473 e. The van der Waals surface area contributed by atoms with Gasteiger partial charge in [0.2, 0.25) is 5.88 Å². The summed E-state index contributed by atoms with van der Waals surface area (Å²) in [6.07, 6.45) is 0.528. The summed E-state index contributed by atoms with van der Waals surface area (Å²) >= 11 is 0. The number of carboxylic acid groups (broad SMARTS) is 1. The molecule has 0 aliphatic carbocycles. The Morgan fingerprint density at radius 2 is 2.00 bits per heavy atom. The summed E-state index contributed by atoms with van der Waals surface area (Å²) in [4.78, 5) is 28.4. The molecule has 1 N–H and O–H groups in total. The average Bonchev–Trinajstić information content (AvgIpc) is 2.72. The Morgan fingerprint density at radius 3 is 2.64 bits per heavy atom. The van der Waals surface area contributed by atoms with E-state index in [4.69, 9.17) is 9.84 Å². The second-order valence-corrected chi connectivity index (χ2v) is 6.54. The number of likely N-dealkylation sites (tertiary alicyclic amines) is 1. The molecule has 8 heteroatoms. The molecule has 1 amide bonds. The smallest absolute Gasteiger partial charge is 0.407 e. The molecule has 28 heavy (non-hydrogen) atoms. The predicted molar refractivity (Wildman–Crippen MR) is 97.9 cm³/mol. The number of pyridine rings is 1. The second-order valence-electron chi connectivity index (χ2n) is 6.54. The summed E-state index contributed by atoms with van der Waals surface area (Å²) in [7, 11) is 1.20. The molecule has 1 aromatic heterocycles. The van der Waals surface area contributed by atoms with Crippen LogP contribution in [0.4, 0.5) is 9.18 Å². The first-order valence-electron chi connectivity index (χ1n) is 8.92. The Balaban J connectivity index is 1.62. The zero-order valence-electron chi connectivity index (χ0n) is 15.4. The van der Waals surface area contributed by atoms with Crippen molar-refractivity contribution in [2.75, 3.05) is 20.2 Å². The molecule has 0 unspecified atom stereocenters. The van der Waals surface area contributed by atoms with Crippen LogP contribution in [0.25, 0.3) is 0 Å². The molecule has 1 saturated heterocycles. The van der Waals surface area contributed by atoms with E-state index in [2.05, 4.69) is 9.72 Å². The molecule has 0 bridgehead atoms. The molecule has 7 nitrogen and oxygen atoms in total. The maximum atomic E-state index is 14.0. The molecule has 0 spiro atoms. The van der Waals surface area contributed by atoms with Crippen molar-refractivity contribution in [2.24, 2.45) is 0 Å². The lowest BCUT2D eigenvalue weighted by Gasteiger charge is -2.29. The van der Waals surface area contributed by atoms with Crippen molar-refractivity contribution in [3.8, 4) is 5.88 Å². The van der Waals surface area contributed by atoms with Gasteiger partial charge >= 0.3 is 12.1 Å². The third kappa shape index (κ3) is 4.57. The molecule has 1 aliphatic heterocycles. The van der Waals surface area contributed by atoms with Gasteiger partial charge in [-0.2, -0.15) is 0 Å². The summed E-state index contributed by atoms with van der Waals surface area (Å²) in [5.41, 5.74) is 1.29. The normalized spacial score (nSPS) is 14.6. The lowest BCUT2D eigenvalue weighted by Crippen LogP contribution is -2.36. The summed E-state index contributed by atoms with van der Waals surface area (Å²) < 4.78 is 24.2. The second kappa shape index (κ2) is 8.69. The minimum atomic E-state index is -0.894. The largest absolute Gasteiger partial charge is 0.473 e. The number of ether oxygens (including phenoxy) is 2. The van der Waals surface area contributed by atoms with E-state index in [1.807, 2.05) is 12.1 Å². The number of hydrogen-bond acceptors (Lipinski definition) is 5. The number of piperidine rings is 1. The van der Waals surface area contributed by atoms with E-state index in [1.54, 1.807) is 12.1 Å². The average molecular weight is 388 g/mol. The fourth-order valence-corrected chi connectivity index (χ4v) is 3.19. The number of aromatic nitrogens is 1. The molecule has 1 aromatic carbocycles. The minimum absolute atomic E-state index is 0.103. The topological polar surface area (TPSA) is 89.0 Å². The van der Waals surface area contributed by atoms with Gasteiger partial charge in [0.25, 0.3) is 0 Å². The summed E-state index contributed by atoms with van der Waals surface area (Å²) in [6, 6.07) is 9.65. The van der Waals surface area contributed by atoms with E-state index in [0.29, 0.717) is 37.4 Å². The van der Waals surface area contributed by atoms with Crippen molar-refractivity contribution in [1.82, 2.24) is 9.88 Å². The number of nitrogens with zero attached hydrogens (tertiary/aromatic N) is 2. The molecule has 2 heterocycles. The number of amides is 1. The quantitative estimate of drug-likeness (QED) is 0.790. The number of esters is 1. The standard InChI is InChI=1S/C20H21FN2O5/c1-27-19(24)15-6-5-13(11-16(15)21)12-28-18-4-2-3-17(22-18)14-7-9-23(10-8-14)20(25)26/h2-6,11,14H,7-10,12H2,1H3,(H,25,26). The van der Waals surface area contributed by atoms with Crippen LogP contribution in [-0.4, -0.2) is 47.3 Å². The molecular weight excluding hydrogens is 367 g/mol. The van der Waals surface area contributed by atoms with E-state index in [-0.39, 0.29) is 18.1 Å². The van der Waals surface area contributed by atoms with Crippen molar-refractivity contribution < 1.29 is 28.6 Å². The monoisotopic (exact) mass is 388 g/mol. The lowest BCUT2D eigenvalue weighted by atomic mass is 9.93. The van der Waals surface area contributed by atoms with E-state index < -0.39 is 17.9 Å². The number of carbonyl (C=O) groups is 2. The molecule has 0 radical (unpaired) electrons. The van der Waals surface area contributed by atoms with E-state index in [0.717, 1.165) is 5.69 Å². The van der Waals surface area contributed by atoms with E-state index in [1.165, 1.54) is 24.1 Å². The van der Waals surface area contributed by atoms with Crippen molar-refractivity contribution in [2.45, 2.75) is 25.4 Å². The highest BCUT2D eigenvalue weighted by Gasteiger charge is 2.24. The Bertz CT molecular complexity index is 865. The van der Waals surface area contributed by atoms with Crippen molar-refractivity contribution in [1.29, 1.82) is 0 Å². The van der Waals surface area contributed by atoms with Gasteiger partial charge in [0.15, 0.2) is 0 Å². The molecule has 0 atom stereocenters. The summed E-state index contributed by atoms with van der Waals surface area (Å²) in [5, 5.41) is 9.04. The molecule has 0 saturated carbocycles. The van der Waals surface area contributed by atoms with Gasteiger partial charge < -0.3 is 19.5 Å². The number of hydrogen-bond donors (Lipinski definition) is 1. The van der Waals surface area contributed by atoms with Crippen LogP contribution in [0.1, 0.15) is 40.4 Å². The van der Waals surface area contributed by atoms with Crippen LogP contribution in [0, 0.1) is 5.82 Å². The number of carbonyl (C=O) groups excluding carboxylic acids is 1. The van der Waals surface area contributed by atoms with Gasteiger partial charge in [0.1, 0.15) is 12.4 Å². The van der Waals surface area contributed by atoms with Crippen LogP contribution < -0.4 is 4.74 Å². The van der Waals surface area contributed by atoms with Crippen LogP contribution >= 0.6 is 0 Å². The fourth-order valence-electron chi connectivity index (χ4n) is 3.19. The summed E-state index contributed by atoms with van der Waals surface area (Å²) in [6.45, 7) is 1.07. The van der Waals surface area contributed by atoms with E-state index in [9.17, 15) is 14.0 Å². The van der Waals surface area contributed by atoms with Crippen LogP contribution in [0.15, 0.2) is 36.4 Å². The van der Waals surface area contributed by atoms with Gasteiger partial charge in [-0.05, 0) is 36.6 Å². The number of halogens is 1. The Hall–Kier alpha value is -3.16. The lowest BCUT2D eigenvalue weighted by molar-refractivity contribution is 0.0595. The highest BCUT2D eigenvalue weighted by molar-refractivity contribution is 5.89. The first kappa shape index (κ1) is 19.6. The van der Waals surface area contributed by atoms with Crippen LogP contribution in [0.2, 0.25) is 0 Å². The van der Waals surface area contributed by atoms with Crippen LogP contribution in [0.5, 0.6) is 5.88 Å². The molecule has 1 aliphatic rings. The number of benzene rings is 1. The highest BCUT2D eigenvalue weighted by Crippen LogP contribution is 2.28. The van der Waals surface area contributed by atoms with Gasteiger partial charge in [-0.25, -0.2) is 19.0 Å². The maximum Gasteiger partial charge on any atom is 0.407 e. The van der Waals surface area contributed by atoms with Crippen LogP contribution in [0.3, 0.4) is 0 Å². The van der Waals surface area contributed by atoms with Crippen molar-refractivity contribution in [3.05, 3.63) is 59.0 Å². The molecule has 3 rings (SSSR count). The van der Waals surface area contributed by atoms with E-state index >= 15 is 0 Å². The molecule has 148 valence electrons. The van der Waals surface area contributed by atoms with Gasteiger partial charge in [0.05, 0.1) is 12.7 Å². The van der Waals surface area contributed by atoms with Crippen LogP contribution in [-0.2, 0) is 11.3 Å². The Kier molecular flexibility index (Phi) is 6.08. The highest BCUT2D eigenvalue weighted by atomic mass is 19.1. The van der Waals surface area contributed by atoms with Gasteiger partial charge in [-0.15, -0.1) is 0 Å². The first-order valence-corrected chi connectivity index (χ1v) is 8.92. The molecular formula is C20H21FN2O5. The van der Waals surface area contributed by atoms with Crippen molar-refractivity contribution >= 4 is 12.1 Å². The van der Waals surface area contributed by atoms with Gasteiger partial charge in [-0.3, -0.25) is 0 Å². The number of rotatable bonds is 5. The fraction of sp³-hybridized carbons (Fsp3) is 0.350. The Morgan fingerprint density at radius 1 is 1.25 bits per heavy atom.